The summed E-state index contributed by atoms with van der Waals surface area (Å²) >= 11 is 0. The maximum absolute atomic E-state index is 8.52. The van der Waals surface area contributed by atoms with Crippen LogP contribution in [0.3, 0.4) is 0 Å². The molecule has 1 heterocycles. The molecular weight excluding hydrogens is 207 g/mol. The monoisotopic (exact) mass is 216 g/mol. The van der Waals surface area contributed by atoms with E-state index in [-0.39, 0.29) is 29.6 Å². The van der Waals surface area contributed by atoms with Gasteiger partial charge in [0.05, 0.1) is 12.7 Å². The quantitative estimate of drug-likeness (QED) is 0.270. The van der Waals surface area contributed by atoms with Crippen molar-refractivity contribution in [3.05, 3.63) is 12.4 Å². The first-order chi connectivity index (χ1) is 5.43. The van der Waals surface area contributed by atoms with Gasteiger partial charge in [-0.1, -0.05) is 0 Å². The molecule has 6 nitrogen and oxygen atoms in total. The molecule has 1 N–H and O–H groups in total. The maximum Gasteiger partial charge on any atom is 1.00 e. The zero-order valence-electron chi connectivity index (χ0n) is 7.43. The molecule has 1 rings (SSSR count). The molecule has 0 saturated heterocycles. The zero-order chi connectivity index (χ0) is 9.61. The first kappa shape index (κ1) is 15.7. The fourth-order valence-corrected chi connectivity index (χ4v) is 0.530. The summed E-state index contributed by atoms with van der Waals surface area (Å²) < 4.78 is 34.1. The van der Waals surface area contributed by atoms with E-state index in [1.165, 1.54) is 4.90 Å². The van der Waals surface area contributed by atoms with Gasteiger partial charge in [0.25, 0.3) is 0 Å². The molecule has 8 heteroatoms. The van der Waals surface area contributed by atoms with E-state index in [0.717, 1.165) is 6.54 Å². The van der Waals surface area contributed by atoms with E-state index in [9.17, 15) is 0 Å². The van der Waals surface area contributed by atoms with Crippen LogP contribution in [0.1, 0.15) is 6.92 Å². The smallest absolute Gasteiger partial charge is 0.759 e. The summed E-state index contributed by atoms with van der Waals surface area (Å²) in [4.78, 5) is 5.21. The van der Waals surface area contributed by atoms with Crippen LogP contribution in [0, 0.1) is 0 Å². The second-order valence-electron chi connectivity index (χ2n) is 1.93. The van der Waals surface area contributed by atoms with E-state index in [1.807, 2.05) is 18.7 Å². The Morgan fingerprint density at radius 1 is 1.46 bits per heavy atom. The van der Waals surface area contributed by atoms with E-state index in [2.05, 4.69) is 11.9 Å². The summed E-state index contributed by atoms with van der Waals surface area (Å²) in [5, 5.41) is 0. The van der Waals surface area contributed by atoms with Crippen molar-refractivity contribution in [1.29, 1.82) is 0 Å². The third kappa shape index (κ3) is 15.0. The zero-order valence-corrected chi connectivity index (χ0v) is 10.2. The summed E-state index contributed by atoms with van der Waals surface area (Å²) in [7, 11) is -5.17. The van der Waals surface area contributed by atoms with Crippen LogP contribution in [-0.2, 0) is 10.4 Å². The molecule has 0 radical (unpaired) electrons. The first-order valence-electron chi connectivity index (χ1n) is 3.15. The Bertz CT molecular complexity index is 254. The molecule has 1 unspecified atom stereocenters. The molecule has 0 saturated carbocycles. The average Bonchev–Trinajstić information content (AvgIpc) is 2.33. The van der Waals surface area contributed by atoms with Crippen LogP contribution in [0.25, 0.3) is 0 Å². The summed E-state index contributed by atoms with van der Waals surface area (Å²) in [5.74, 6) is 0. The van der Waals surface area contributed by atoms with Crippen LogP contribution < -0.4 is 34.5 Å². The number of rotatable bonds is 1. The van der Waals surface area contributed by atoms with Gasteiger partial charge in [0.1, 0.15) is 6.20 Å². The van der Waals surface area contributed by atoms with Crippen molar-refractivity contribution in [2.45, 2.75) is 6.92 Å². The van der Waals surface area contributed by atoms with Crippen molar-refractivity contribution in [3.8, 4) is 0 Å². The molecule has 0 fully saturated rings. The van der Waals surface area contributed by atoms with E-state index in [0.29, 0.717) is 0 Å². The molecule has 0 aromatic heterocycles. The molecule has 0 aromatic carbocycles. The number of hydrogen-bond donors (Lipinski definition) is 1. The van der Waals surface area contributed by atoms with Gasteiger partial charge in [0.2, 0.25) is 0 Å². The fourth-order valence-electron chi connectivity index (χ4n) is 0.530. The van der Waals surface area contributed by atoms with Gasteiger partial charge in [-0.3, -0.25) is 13.3 Å². The molecule has 70 valence electrons. The van der Waals surface area contributed by atoms with Gasteiger partial charge < -0.3 is 9.11 Å². The Morgan fingerprint density at radius 3 is 2.08 bits per heavy atom. The summed E-state index contributed by atoms with van der Waals surface area (Å²) in [6.45, 7) is 3.22. The van der Waals surface area contributed by atoms with Gasteiger partial charge in [-0.05, 0) is 6.92 Å². The van der Waals surface area contributed by atoms with Gasteiger partial charge in [-0.2, -0.15) is 0 Å². The summed E-state index contributed by atoms with van der Waals surface area (Å²) in [6.07, 6.45) is 5.73. The fraction of sp³-hybridized carbons (Fsp3) is 0.400. The number of hydrogen-bond acceptors (Lipinski definition) is 5. The molecule has 1 aliphatic heterocycles. The van der Waals surface area contributed by atoms with Crippen molar-refractivity contribution >= 4 is 16.7 Å². The van der Waals surface area contributed by atoms with Crippen LogP contribution >= 0.6 is 0 Å². The van der Waals surface area contributed by atoms with E-state index in [4.69, 9.17) is 17.5 Å². The number of quaternary nitrogens is 1. The van der Waals surface area contributed by atoms with Gasteiger partial charge >= 0.3 is 29.6 Å². The molecule has 1 aliphatic rings. The minimum atomic E-state index is -5.17. The molecular formula is C5H9N2NaO4S. The van der Waals surface area contributed by atoms with Crippen molar-refractivity contribution in [3.63, 3.8) is 0 Å². The molecule has 0 spiro atoms. The van der Waals surface area contributed by atoms with Crippen molar-refractivity contribution in [2.75, 3.05) is 6.54 Å². The molecule has 13 heavy (non-hydrogen) atoms. The van der Waals surface area contributed by atoms with Crippen LogP contribution in [0.15, 0.2) is 17.4 Å². The third-order valence-electron chi connectivity index (χ3n) is 1.02. The molecule has 0 aromatic rings. The van der Waals surface area contributed by atoms with E-state index in [1.54, 1.807) is 0 Å². The van der Waals surface area contributed by atoms with Crippen molar-refractivity contribution < 1.29 is 52.0 Å². The summed E-state index contributed by atoms with van der Waals surface area (Å²) in [6, 6.07) is 0. The second kappa shape index (κ2) is 7.63. The third-order valence-corrected chi connectivity index (χ3v) is 1.02. The van der Waals surface area contributed by atoms with Crippen molar-refractivity contribution in [2.24, 2.45) is 4.99 Å². The molecule has 1 atom stereocenters. The van der Waals surface area contributed by atoms with Gasteiger partial charge in [-0.25, -0.2) is 4.99 Å². The Balaban J connectivity index is 0. The summed E-state index contributed by atoms with van der Waals surface area (Å²) in [5.41, 5.74) is 0. The van der Waals surface area contributed by atoms with Crippen LogP contribution in [-0.4, -0.2) is 30.4 Å². The maximum atomic E-state index is 8.52. The number of nitrogens with zero attached hydrogens (tertiary/aromatic N) is 1. The standard InChI is InChI=1S/C5H8N2.Na.H2O4S/c1-2-7-4-3-6-5-7;;1-5(2,3)4/h3-5H,2H2,1H3;;(H2,1,2,3,4)/q;+1;/p-1. The Labute approximate surface area is 99.2 Å². The topological polar surface area (TPSA) is 97.1 Å². The van der Waals surface area contributed by atoms with Gasteiger partial charge in [-0.15, -0.1) is 0 Å². The SMILES string of the molecule is CC[NH+]1C=CN=C1.O=S(=O)([O-])[O-].[Na+]. The Hall–Kier alpha value is 0.240. The van der Waals surface area contributed by atoms with Crippen molar-refractivity contribution in [1.82, 2.24) is 0 Å². The van der Waals surface area contributed by atoms with E-state index >= 15 is 0 Å². The normalized spacial score (nSPS) is 18.8. The Kier molecular flexibility index (Phi) is 9.21. The number of aliphatic imine (C=N–C) groups is 1. The first-order valence-corrected chi connectivity index (χ1v) is 4.49. The van der Waals surface area contributed by atoms with Gasteiger partial charge in [0, 0.05) is 10.4 Å². The predicted molar refractivity (Wildman–Crippen MR) is 39.6 cm³/mol. The number of nitrogens with one attached hydrogen (secondary N) is 1. The molecule has 0 aliphatic carbocycles. The Morgan fingerprint density at radius 2 is 1.92 bits per heavy atom. The largest absolute Gasteiger partial charge is 1.00 e. The average molecular weight is 216 g/mol. The minimum Gasteiger partial charge on any atom is -0.759 e. The van der Waals surface area contributed by atoms with Crippen LogP contribution in [0.4, 0.5) is 0 Å². The van der Waals surface area contributed by atoms with Gasteiger partial charge in [0.15, 0.2) is 6.34 Å². The van der Waals surface area contributed by atoms with E-state index < -0.39 is 10.4 Å². The van der Waals surface area contributed by atoms with Crippen LogP contribution in [0.2, 0.25) is 0 Å². The second-order valence-corrected chi connectivity index (χ2v) is 2.75. The predicted octanol–water partition coefficient (Wildman–Crippen LogP) is -4.93. The minimum absolute atomic E-state index is 0. The van der Waals surface area contributed by atoms with Crippen LogP contribution in [0.5, 0.6) is 0 Å². The molecule has 0 bridgehead atoms. The molecule has 0 amide bonds.